The molecule has 7 aromatic carbocycles. The molecule has 46 heavy (non-hydrogen) atoms. The predicted molar refractivity (Wildman–Crippen MR) is 192 cm³/mol. The van der Waals surface area contributed by atoms with Crippen molar-refractivity contribution in [3.8, 4) is 33.6 Å². The van der Waals surface area contributed by atoms with Gasteiger partial charge in [0.15, 0.2) is 0 Å². The van der Waals surface area contributed by atoms with Crippen molar-refractivity contribution in [1.29, 1.82) is 0 Å². The standard InChI is InChI=1S/C43H27N3/c1-44-38-27-36(29-14-3-2-4-15-29)37(28-43(38)46-41-24-11-7-20-34(41)35-21-8-12-25-42(35)46)30-16-13-17-31(26-30)45-39-22-9-5-18-32(39)33-19-6-10-23-40(33)45/h2-28H. The maximum absolute atomic E-state index is 8.33. The summed E-state index contributed by atoms with van der Waals surface area (Å²) in [6, 6.07) is 57.7. The van der Waals surface area contributed by atoms with Crippen LogP contribution >= 0.6 is 0 Å². The molecule has 0 amide bonds. The Labute approximate surface area is 266 Å². The van der Waals surface area contributed by atoms with E-state index in [9.17, 15) is 0 Å². The minimum Gasteiger partial charge on any atom is -0.319 e. The van der Waals surface area contributed by atoms with E-state index in [1.165, 1.54) is 32.6 Å². The molecule has 9 aromatic rings. The number of hydrogen-bond donors (Lipinski definition) is 0. The van der Waals surface area contributed by atoms with Gasteiger partial charge in [0.05, 0.1) is 34.3 Å². The van der Waals surface area contributed by atoms with Crippen molar-refractivity contribution >= 4 is 49.3 Å². The first-order valence-corrected chi connectivity index (χ1v) is 15.5. The van der Waals surface area contributed by atoms with Crippen molar-refractivity contribution in [2.75, 3.05) is 0 Å². The molecule has 0 fully saturated rings. The van der Waals surface area contributed by atoms with Crippen molar-refractivity contribution in [3.05, 3.63) is 175 Å². The highest BCUT2D eigenvalue weighted by atomic mass is 15.0. The average Bonchev–Trinajstić information content (AvgIpc) is 3.65. The van der Waals surface area contributed by atoms with Gasteiger partial charge in [-0.2, -0.15) is 0 Å². The van der Waals surface area contributed by atoms with Crippen LogP contribution < -0.4 is 0 Å². The number of hydrogen-bond acceptors (Lipinski definition) is 0. The zero-order chi connectivity index (χ0) is 30.6. The summed E-state index contributed by atoms with van der Waals surface area (Å²) in [5.41, 5.74) is 11.4. The SMILES string of the molecule is [C-]#[N+]c1cc(-c2ccccc2)c(-c2cccc(-n3c4ccccc4c4ccccc43)c2)cc1-n1c2ccccc2c2ccccc21. The number of rotatable bonds is 4. The van der Waals surface area contributed by atoms with E-state index in [0.717, 1.165) is 44.7 Å². The average molecular weight is 586 g/mol. The molecule has 0 bridgehead atoms. The zero-order valence-corrected chi connectivity index (χ0v) is 24.9. The molecule has 0 aliphatic rings. The summed E-state index contributed by atoms with van der Waals surface area (Å²) in [7, 11) is 0. The second kappa shape index (κ2) is 10.4. The zero-order valence-electron chi connectivity index (χ0n) is 24.9. The lowest BCUT2D eigenvalue weighted by Gasteiger charge is -2.18. The van der Waals surface area contributed by atoms with E-state index in [0.29, 0.717) is 5.69 Å². The van der Waals surface area contributed by atoms with Gasteiger partial charge in [-0.3, -0.25) is 0 Å². The summed E-state index contributed by atoms with van der Waals surface area (Å²) in [6.45, 7) is 8.33. The molecular weight excluding hydrogens is 558 g/mol. The van der Waals surface area contributed by atoms with Crippen molar-refractivity contribution in [2.24, 2.45) is 0 Å². The third kappa shape index (κ3) is 3.91. The highest BCUT2D eigenvalue weighted by Crippen LogP contribution is 2.43. The predicted octanol–water partition coefficient (Wildman–Crippen LogP) is 11.8. The van der Waals surface area contributed by atoms with Crippen molar-refractivity contribution in [2.45, 2.75) is 0 Å². The molecule has 2 aromatic heterocycles. The third-order valence-corrected chi connectivity index (χ3v) is 9.14. The summed E-state index contributed by atoms with van der Waals surface area (Å²) in [5.74, 6) is 0. The smallest absolute Gasteiger partial charge is 0.211 e. The molecule has 2 heterocycles. The monoisotopic (exact) mass is 585 g/mol. The van der Waals surface area contributed by atoms with Gasteiger partial charge in [-0.25, -0.2) is 4.85 Å². The summed E-state index contributed by atoms with van der Waals surface area (Å²) in [6.07, 6.45) is 0. The van der Waals surface area contributed by atoms with Gasteiger partial charge in [0.2, 0.25) is 5.69 Å². The second-order valence-corrected chi connectivity index (χ2v) is 11.7. The molecule has 0 aliphatic carbocycles. The molecule has 9 rings (SSSR count). The summed E-state index contributed by atoms with van der Waals surface area (Å²) < 4.78 is 4.62. The Kier molecular flexibility index (Phi) is 5.88. The van der Waals surface area contributed by atoms with E-state index in [-0.39, 0.29) is 0 Å². The molecule has 214 valence electrons. The Hall–Kier alpha value is -6.37. The molecule has 0 atom stereocenters. The summed E-state index contributed by atoms with van der Waals surface area (Å²) in [5, 5.41) is 4.83. The van der Waals surface area contributed by atoms with Crippen LogP contribution in [0.25, 0.3) is 82.1 Å². The topological polar surface area (TPSA) is 14.2 Å². The fourth-order valence-electron chi connectivity index (χ4n) is 7.14. The fourth-order valence-corrected chi connectivity index (χ4v) is 7.14. The van der Waals surface area contributed by atoms with Crippen LogP contribution in [-0.2, 0) is 0 Å². The second-order valence-electron chi connectivity index (χ2n) is 11.7. The first-order valence-electron chi connectivity index (χ1n) is 15.5. The summed E-state index contributed by atoms with van der Waals surface area (Å²) in [4.78, 5) is 4.11. The van der Waals surface area contributed by atoms with Crippen LogP contribution in [0, 0.1) is 6.57 Å². The van der Waals surface area contributed by atoms with Gasteiger partial charge in [-0.15, -0.1) is 0 Å². The molecule has 0 radical (unpaired) electrons. The molecule has 0 N–H and O–H groups in total. The van der Waals surface area contributed by atoms with Crippen LogP contribution in [0.1, 0.15) is 0 Å². The Morgan fingerprint density at radius 3 is 1.39 bits per heavy atom. The molecule has 3 nitrogen and oxygen atoms in total. The third-order valence-electron chi connectivity index (χ3n) is 9.14. The number of benzene rings is 7. The molecule has 3 heteroatoms. The van der Waals surface area contributed by atoms with E-state index in [1.54, 1.807) is 0 Å². The van der Waals surface area contributed by atoms with Crippen LogP contribution in [0.2, 0.25) is 0 Å². The maximum Gasteiger partial charge on any atom is 0.211 e. The van der Waals surface area contributed by atoms with Gasteiger partial charge in [0.1, 0.15) is 0 Å². The first-order chi connectivity index (χ1) is 22.8. The summed E-state index contributed by atoms with van der Waals surface area (Å²) >= 11 is 0. The van der Waals surface area contributed by atoms with E-state index in [1.807, 2.05) is 6.07 Å². The minimum absolute atomic E-state index is 0.618. The molecular formula is C43H27N3. The van der Waals surface area contributed by atoms with Gasteiger partial charge in [0.25, 0.3) is 0 Å². The molecule has 0 saturated heterocycles. The Bertz CT molecular complexity index is 2540. The van der Waals surface area contributed by atoms with E-state index >= 15 is 0 Å². The number of nitrogens with zero attached hydrogens (tertiary/aromatic N) is 3. The van der Waals surface area contributed by atoms with E-state index < -0.39 is 0 Å². The number of aromatic nitrogens is 2. The normalized spacial score (nSPS) is 11.5. The van der Waals surface area contributed by atoms with Crippen molar-refractivity contribution < 1.29 is 0 Å². The molecule has 0 aliphatic heterocycles. The first kappa shape index (κ1) is 26.1. The van der Waals surface area contributed by atoms with E-state index in [4.69, 9.17) is 6.57 Å². The van der Waals surface area contributed by atoms with E-state index in [2.05, 4.69) is 172 Å². The molecule has 0 spiro atoms. The maximum atomic E-state index is 8.33. The van der Waals surface area contributed by atoms with Crippen LogP contribution in [-0.4, -0.2) is 9.13 Å². The fraction of sp³-hybridized carbons (Fsp3) is 0. The van der Waals surface area contributed by atoms with Gasteiger partial charge < -0.3 is 9.13 Å². The molecule has 0 unspecified atom stereocenters. The highest BCUT2D eigenvalue weighted by molar-refractivity contribution is 6.11. The lowest BCUT2D eigenvalue weighted by molar-refractivity contribution is 1.18. The lowest BCUT2D eigenvalue weighted by Crippen LogP contribution is -1.98. The van der Waals surface area contributed by atoms with Gasteiger partial charge in [-0.05, 0) is 70.8 Å². The van der Waals surface area contributed by atoms with Crippen LogP contribution in [0.15, 0.2) is 164 Å². The van der Waals surface area contributed by atoms with Gasteiger partial charge in [-0.1, -0.05) is 115 Å². The Morgan fingerprint density at radius 2 is 0.848 bits per heavy atom. The number of para-hydroxylation sites is 4. The quantitative estimate of drug-likeness (QED) is 0.182. The van der Waals surface area contributed by atoms with Crippen molar-refractivity contribution in [1.82, 2.24) is 9.13 Å². The minimum atomic E-state index is 0.618. The highest BCUT2D eigenvalue weighted by Gasteiger charge is 2.19. The largest absolute Gasteiger partial charge is 0.319 e. The van der Waals surface area contributed by atoms with Gasteiger partial charge >= 0.3 is 0 Å². The van der Waals surface area contributed by atoms with Crippen molar-refractivity contribution in [3.63, 3.8) is 0 Å². The van der Waals surface area contributed by atoms with Gasteiger partial charge in [0, 0.05) is 27.2 Å². The van der Waals surface area contributed by atoms with Crippen LogP contribution in [0.3, 0.4) is 0 Å². The number of fused-ring (bicyclic) bond motifs is 6. The van der Waals surface area contributed by atoms with Crippen LogP contribution in [0.4, 0.5) is 5.69 Å². The Balaban J connectivity index is 1.35. The Morgan fingerprint density at radius 1 is 0.391 bits per heavy atom. The molecule has 0 saturated carbocycles. The van der Waals surface area contributed by atoms with Crippen LogP contribution in [0.5, 0.6) is 0 Å². The lowest BCUT2D eigenvalue weighted by atomic mass is 9.92.